The largest absolute Gasteiger partial charge is 0.495 e. The van der Waals surface area contributed by atoms with E-state index in [1.807, 2.05) is 6.07 Å². The summed E-state index contributed by atoms with van der Waals surface area (Å²) in [5.41, 5.74) is 0.774. The quantitative estimate of drug-likeness (QED) is 0.271. The molecule has 12 heteroatoms. The van der Waals surface area contributed by atoms with Crippen LogP contribution in [0.1, 0.15) is 10.4 Å². The topological polar surface area (TPSA) is 90.1 Å². The van der Waals surface area contributed by atoms with Crippen molar-refractivity contribution in [2.45, 2.75) is 9.96 Å². The molecule has 0 aliphatic heterocycles. The molecule has 0 aliphatic rings. The molecule has 0 heterocycles. The highest BCUT2D eigenvalue weighted by Crippen LogP contribution is 2.38. The van der Waals surface area contributed by atoms with Crippen LogP contribution in [0.15, 0.2) is 36.4 Å². The van der Waals surface area contributed by atoms with Crippen LogP contribution in [0.5, 0.6) is 23.0 Å². The number of carbonyl (C=O) groups is 1. The third-order valence-corrected chi connectivity index (χ3v) is 5.03. The average molecular weight is 523 g/mol. The van der Waals surface area contributed by atoms with E-state index in [0.29, 0.717) is 28.7 Å². The summed E-state index contributed by atoms with van der Waals surface area (Å²) in [5, 5.41) is 8.42. The number of methoxy groups -OCH3 is 4. The molecule has 0 saturated heterocycles. The van der Waals surface area contributed by atoms with Gasteiger partial charge in [0.25, 0.3) is 5.91 Å². The van der Waals surface area contributed by atoms with Gasteiger partial charge in [-0.2, -0.15) is 0 Å². The highest BCUT2D eigenvalue weighted by atomic mass is 35.6. The van der Waals surface area contributed by atoms with Crippen molar-refractivity contribution in [3.63, 3.8) is 0 Å². The molecular weight excluding hydrogens is 501 g/mol. The van der Waals surface area contributed by atoms with E-state index >= 15 is 0 Å². The smallest absolute Gasteiger partial charge is 0.253 e. The summed E-state index contributed by atoms with van der Waals surface area (Å²) in [7, 11) is 5.86. The van der Waals surface area contributed by atoms with Crippen molar-refractivity contribution >= 4 is 63.7 Å². The number of hydrogen-bond acceptors (Lipinski definition) is 6. The molecule has 0 saturated carbocycles. The predicted molar refractivity (Wildman–Crippen MR) is 130 cm³/mol. The Morgan fingerprint density at radius 2 is 1.47 bits per heavy atom. The van der Waals surface area contributed by atoms with Gasteiger partial charge in [0.1, 0.15) is 11.9 Å². The minimum Gasteiger partial charge on any atom is -0.495 e. The van der Waals surface area contributed by atoms with Crippen molar-refractivity contribution in [1.82, 2.24) is 10.6 Å². The monoisotopic (exact) mass is 521 g/mol. The molecule has 3 N–H and O–H groups in total. The number of halogens is 3. The Labute approximate surface area is 206 Å². The number of carbonyl (C=O) groups excluding carboxylic acids is 1. The van der Waals surface area contributed by atoms with Crippen LogP contribution in [-0.2, 0) is 0 Å². The van der Waals surface area contributed by atoms with Gasteiger partial charge in [0, 0.05) is 5.56 Å². The third kappa shape index (κ3) is 6.59. The standard InChI is InChI=1S/C20H22Cl3N3O5S/c1-28-13-8-6-5-7-12(13)24-19(32)26-18(20(21,22)23)25-17(27)11-9-14(29-2)16(31-4)15(10-11)30-3/h5-10,18H,1-4H3,(H,25,27)(H2,24,26,32). The van der Waals surface area contributed by atoms with Crippen molar-refractivity contribution in [2.75, 3.05) is 33.8 Å². The second-order valence-electron chi connectivity index (χ2n) is 6.16. The molecule has 1 atom stereocenters. The zero-order chi connectivity index (χ0) is 23.9. The van der Waals surface area contributed by atoms with Crippen LogP contribution in [0.2, 0.25) is 0 Å². The number of benzene rings is 2. The Morgan fingerprint density at radius 3 is 1.97 bits per heavy atom. The summed E-state index contributed by atoms with van der Waals surface area (Å²) in [5.74, 6) is 0.911. The van der Waals surface area contributed by atoms with E-state index in [9.17, 15) is 4.79 Å². The maximum Gasteiger partial charge on any atom is 0.253 e. The number of thiocarbonyl (C=S) groups is 1. The average Bonchev–Trinajstić information content (AvgIpc) is 2.77. The maximum absolute atomic E-state index is 12.9. The van der Waals surface area contributed by atoms with Crippen LogP contribution in [0.25, 0.3) is 0 Å². The molecule has 0 fully saturated rings. The molecular formula is C20H22Cl3N3O5S. The number of rotatable bonds is 8. The summed E-state index contributed by atoms with van der Waals surface area (Å²) in [6, 6.07) is 10.1. The first-order valence-corrected chi connectivity index (χ1v) is 10.6. The molecule has 2 aromatic carbocycles. The second kappa shape index (κ2) is 11.5. The molecule has 174 valence electrons. The highest BCUT2D eigenvalue weighted by molar-refractivity contribution is 7.80. The number of alkyl halides is 3. The first-order valence-electron chi connectivity index (χ1n) is 9.02. The lowest BCUT2D eigenvalue weighted by molar-refractivity contribution is 0.0933. The summed E-state index contributed by atoms with van der Waals surface area (Å²) in [6.45, 7) is 0. The molecule has 32 heavy (non-hydrogen) atoms. The van der Waals surface area contributed by atoms with Gasteiger partial charge in [-0.25, -0.2) is 0 Å². The van der Waals surface area contributed by atoms with Crippen LogP contribution >= 0.6 is 47.0 Å². The molecule has 2 aromatic rings. The van der Waals surface area contributed by atoms with Gasteiger partial charge in [0.2, 0.25) is 9.54 Å². The molecule has 8 nitrogen and oxygen atoms in total. The van der Waals surface area contributed by atoms with Gasteiger partial charge >= 0.3 is 0 Å². The van der Waals surface area contributed by atoms with E-state index < -0.39 is 15.9 Å². The van der Waals surface area contributed by atoms with Crippen molar-refractivity contribution in [3.8, 4) is 23.0 Å². The summed E-state index contributed by atoms with van der Waals surface area (Å²) >= 11 is 23.5. The Balaban J connectivity index is 2.22. The number of para-hydroxylation sites is 2. The fraction of sp³-hybridized carbons (Fsp3) is 0.300. The lowest BCUT2D eigenvalue weighted by Crippen LogP contribution is -2.56. The van der Waals surface area contributed by atoms with Crippen LogP contribution in [0.3, 0.4) is 0 Å². The first kappa shape index (κ1) is 25.9. The molecule has 1 amide bonds. The van der Waals surface area contributed by atoms with Crippen molar-refractivity contribution in [2.24, 2.45) is 0 Å². The van der Waals surface area contributed by atoms with E-state index in [0.717, 1.165) is 0 Å². The highest BCUT2D eigenvalue weighted by Gasteiger charge is 2.35. The van der Waals surface area contributed by atoms with E-state index in [2.05, 4.69) is 16.0 Å². The molecule has 0 spiro atoms. The van der Waals surface area contributed by atoms with Crippen molar-refractivity contribution in [1.29, 1.82) is 0 Å². The fourth-order valence-electron chi connectivity index (χ4n) is 2.66. The number of anilines is 1. The van der Waals surface area contributed by atoms with Crippen LogP contribution in [0.4, 0.5) is 5.69 Å². The van der Waals surface area contributed by atoms with Crippen LogP contribution in [0, 0.1) is 0 Å². The van der Waals surface area contributed by atoms with E-state index in [4.69, 9.17) is 66.0 Å². The van der Waals surface area contributed by atoms with Gasteiger partial charge in [0.05, 0.1) is 34.1 Å². The number of nitrogens with one attached hydrogen (secondary N) is 3. The first-order chi connectivity index (χ1) is 15.1. The number of ether oxygens (including phenoxy) is 4. The van der Waals surface area contributed by atoms with Crippen molar-refractivity contribution < 1.29 is 23.7 Å². The maximum atomic E-state index is 12.9. The molecule has 0 bridgehead atoms. The Bertz CT molecular complexity index is 947. The van der Waals surface area contributed by atoms with Gasteiger partial charge in [-0.15, -0.1) is 0 Å². The zero-order valence-corrected chi connectivity index (χ0v) is 20.7. The Kier molecular flexibility index (Phi) is 9.33. The Morgan fingerprint density at radius 1 is 0.906 bits per heavy atom. The second-order valence-corrected chi connectivity index (χ2v) is 8.94. The van der Waals surface area contributed by atoms with Gasteiger partial charge in [-0.05, 0) is 36.5 Å². The van der Waals surface area contributed by atoms with Gasteiger partial charge in [0.15, 0.2) is 16.6 Å². The minimum absolute atomic E-state index is 0.0935. The van der Waals surface area contributed by atoms with Gasteiger partial charge in [-0.1, -0.05) is 46.9 Å². The molecule has 2 rings (SSSR count). The van der Waals surface area contributed by atoms with E-state index in [-0.39, 0.29) is 10.7 Å². The number of hydrogen-bond donors (Lipinski definition) is 3. The van der Waals surface area contributed by atoms with Gasteiger partial charge < -0.3 is 34.9 Å². The van der Waals surface area contributed by atoms with Crippen LogP contribution in [-0.4, -0.2) is 49.4 Å². The van der Waals surface area contributed by atoms with Crippen molar-refractivity contribution in [3.05, 3.63) is 42.0 Å². The number of amides is 1. The zero-order valence-electron chi connectivity index (χ0n) is 17.6. The molecule has 0 radical (unpaired) electrons. The molecule has 1 unspecified atom stereocenters. The minimum atomic E-state index is -1.94. The lowest BCUT2D eigenvalue weighted by Gasteiger charge is -2.28. The SMILES string of the molecule is COc1ccccc1NC(=S)NC(NC(=O)c1cc(OC)c(OC)c(OC)c1)C(Cl)(Cl)Cl. The molecule has 0 aliphatic carbocycles. The summed E-state index contributed by atoms with van der Waals surface area (Å²) in [4.78, 5) is 12.9. The summed E-state index contributed by atoms with van der Waals surface area (Å²) < 4.78 is 19.1. The van der Waals surface area contributed by atoms with E-state index in [1.54, 1.807) is 18.2 Å². The van der Waals surface area contributed by atoms with Crippen LogP contribution < -0.4 is 34.9 Å². The normalized spacial score (nSPS) is 11.7. The fourth-order valence-corrected chi connectivity index (χ4v) is 3.22. The summed E-state index contributed by atoms with van der Waals surface area (Å²) in [6.07, 6.45) is -1.19. The third-order valence-electron chi connectivity index (χ3n) is 4.16. The lowest BCUT2D eigenvalue weighted by atomic mass is 10.1. The molecule has 0 aromatic heterocycles. The van der Waals surface area contributed by atoms with E-state index in [1.165, 1.54) is 40.6 Å². The predicted octanol–water partition coefficient (Wildman–Crippen LogP) is 4.13. The Hall–Kier alpha value is -2.33. The van der Waals surface area contributed by atoms with Gasteiger partial charge in [-0.3, -0.25) is 4.79 Å².